The van der Waals surface area contributed by atoms with E-state index in [0.29, 0.717) is 5.75 Å². The molecule has 1 aliphatic carbocycles. The quantitative estimate of drug-likeness (QED) is 0.833. The molecule has 5 heteroatoms. The summed E-state index contributed by atoms with van der Waals surface area (Å²) in [5.41, 5.74) is 4.64. The van der Waals surface area contributed by atoms with Gasteiger partial charge in [-0.2, -0.15) is 0 Å². The van der Waals surface area contributed by atoms with Crippen LogP contribution < -0.4 is 10.5 Å². The number of carbonyl (C=O) groups is 1. The van der Waals surface area contributed by atoms with Crippen LogP contribution >= 0.6 is 0 Å². The van der Waals surface area contributed by atoms with E-state index in [2.05, 4.69) is 0 Å². The van der Waals surface area contributed by atoms with Crippen LogP contribution in [0.2, 0.25) is 0 Å². The monoisotopic (exact) mass is 239 g/mol. The fraction of sp³-hybridized carbons (Fsp3) is 0.417. The molecule has 0 spiro atoms. The fourth-order valence-electron chi connectivity index (χ4n) is 2.36. The Kier molecular flexibility index (Phi) is 2.79. The van der Waals surface area contributed by atoms with Crippen LogP contribution in [0.25, 0.3) is 0 Å². The Bertz CT molecular complexity index is 455. The molecule has 0 radical (unpaired) electrons. The van der Waals surface area contributed by atoms with Crippen LogP contribution in [0.3, 0.4) is 0 Å². The molecule has 1 aromatic rings. The molecule has 4 nitrogen and oxygen atoms in total. The van der Waals surface area contributed by atoms with Crippen LogP contribution in [-0.2, 0) is 10.2 Å². The third-order valence-electron chi connectivity index (χ3n) is 3.32. The van der Waals surface area contributed by atoms with Crippen LogP contribution in [0, 0.1) is 5.82 Å². The van der Waals surface area contributed by atoms with E-state index in [9.17, 15) is 14.3 Å². The number of hydrogen-bond acceptors (Lipinski definition) is 3. The summed E-state index contributed by atoms with van der Waals surface area (Å²) in [6.07, 6.45) is 0.539. The lowest BCUT2D eigenvalue weighted by Crippen LogP contribution is -2.54. The Labute approximate surface area is 98.2 Å². The van der Waals surface area contributed by atoms with E-state index >= 15 is 0 Å². The summed E-state index contributed by atoms with van der Waals surface area (Å²) >= 11 is 0. The molecule has 1 fully saturated rings. The number of benzene rings is 1. The summed E-state index contributed by atoms with van der Waals surface area (Å²) in [7, 11) is 1.43. The second kappa shape index (κ2) is 4.00. The highest BCUT2D eigenvalue weighted by molar-refractivity contribution is 5.83. The van der Waals surface area contributed by atoms with Crippen LogP contribution in [0.15, 0.2) is 18.2 Å². The van der Waals surface area contributed by atoms with E-state index in [1.165, 1.54) is 19.2 Å². The maximum Gasteiger partial charge on any atom is 0.314 e. The number of ether oxygens (including phenoxy) is 1. The summed E-state index contributed by atoms with van der Waals surface area (Å²) in [6, 6.07) is 4.05. The zero-order valence-electron chi connectivity index (χ0n) is 9.44. The molecule has 0 heterocycles. The van der Waals surface area contributed by atoms with Gasteiger partial charge in [-0.3, -0.25) is 4.79 Å². The van der Waals surface area contributed by atoms with Crippen molar-refractivity contribution in [3.8, 4) is 5.75 Å². The molecule has 0 atom stereocenters. The number of rotatable bonds is 3. The third kappa shape index (κ3) is 1.76. The lowest BCUT2D eigenvalue weighted by molar-refractivity contribution is -0.148. The Balaban J connectivity index is 2.42. The summed E-state index contributed by atoms with van der Waals surface area (Å²) in [6.45, 7) is 0. The number of carboxylic acid groups (broad SMARTS) is 1. The largest absolute Gasteiger partial charge is 0.497 e. The van der Waals surface area contributed by atoms with Gasteiger partial charge in [-0.05, 0) is 18.9 Å². The average molecular weight is 239 g/mol. The van der Waals surface area contributed by atoms with Gasteiger partial charge in [-0.15, -0.1) is 0 Å². The Morgan fingerprint density at radius 1 is 1.59 bits per heavy atom. The summed E-state index contributed by atoms with van der Waals surface area (Å²) < 4.78 is 18.7. The zero-order valence-corrected chi connectivity index (χ0v) is 9.44. The van der Waals surface area contributed by atoms with E-state index < -0.39 is 17.2 Å². The number of hydrogen-bond donors (Lipinski definition) is 2. The first-order chi connectivity index (χ1) is 7.99. The molecular formula is C12H14FNO3. The van der Waals surface area contributed by atoms with Gasteiger partial charge in [-0.1, -0.05) is 6.07 Å². The highest BCUT2D eigenvalue weighted by atomic mass is 19.1. The molecule has 0 aliphatic heterocycles. The number of methoxy groups -OCH3 is 1. The van der Waals surface area contributed by atoms with Crippen molar-refractivity contribution in [1.29, 1.82) is 0 Å². The maximum absolute atomic E-state index is 13.9. The third-order valence-corrected chi connectivity index (χ3v) is 3.32. The second-order valence-electron chi connectivity index (χ2n) is 4.40. The second-order valence-corrected chi connectivity index (χ2v) is 4.40. The predicted molar refractivity (Wildman–Crippen MR) is 59.5 cm³/mol. The molecule has 0 saturated heterocycles. The predicted octanol–water partition coefficient (Wildman–Crippen LogP) is 1.28. The van der Waals surface area contributed by atoms with Gasteiger partial charge in [0.1, 0.15) is 11.6 Å². The van der Waals surface area contributed by atoms with Crippen molar-refractivity contribution in [3.05, 3.63) is 29.6 Å². The molecule has 17 heavy (non-hydrogen) atoms. The van der Waals surface area contributed by atoms with Gasteiger partial charge < -0.3 is 15.6 Å². The maximum atomic E-state index is 13.9. The van der Waals surface area contributed by atoms with Crippen LogP contribution in [0.5, 0.6) is 5.75 Å². The van der Waals surface area contributed by atoms with E-state index in [0.717, 1.165) is 0 Å². The first-order valence-electron chi connectivity index (χ1n) is 5.32. The highest BCUT2D eigenvalue weighted by Crippen LogP contribution is 2.44. The molecule has 0 aromatic heterocycles. The van der Waals surface area contributed by atoms with E-state index in [4.69, 9.17) is 10.5 Å². The molecule has 92 valence electrons. The fourth-order valence-corrected chi connectivity index (χ4v) is 2.36. The summed E-state index contributed by atoms with van der Waals surface area (Å²) in [5, 5.41) is 9.25. The Morgan fingerprint density at radius 3 is 2.65 bits per heavy atom. The van der Waals surface area contributed by atoms with Gasteiger partial charge in [0.15, 0.2) is 0 Å². The highest BCUT2D eigenvalue weighted by Gasteiger charge is 2.51. The summed E-state index contributed by atoms with van der Waals surface area (Å²) in [4.78, 5) is 11.3. The number of carboxylic acids is 1. The van der Waals surface area contributed by atoms with Crippen LogP contribution in [0.1, 0.15) is 18.4 Å². The van der Waals surface area contributed by atoms with Crippen molar-refractivity contribution in [2.75, 3.05) is 7.11 Å². The van der Waals surface area contributed by atoms with E-state index in [1.54, 1.807) is 6.07 Å². The molecule has 1 aromatic carbocycles. The van der Waals surface area contributed by atoms with Crippen molar-refractivity contribution in [2.24, 2.45) is 5.73 Å². The van der Waals surface area contributed by atoms with Gasteiger partial charge in [0, 0.05) is 17.7 Å². The SMILES string of the molecule is COc1ccc(C2(C(=O)O)CC(N)C2)c(F)c1. The minimum atomic E-state index is -1.17. The normalized spacial score (nSPS) is 27.4. The average Bonchev–Trinajstić information content (AvgIpc) is 2.24. The van der Waals surface area contributed by atoms with Crippen molar-refractivity contribution in [1.82, 2.24) is 0 Å². The Hall–Kier alpha value is -1.62. The minimum Gasteiger partial charge on any atom is -0.497 e. The van der Waals surface area contributed by atoms with Gasteiger partial charge in [0.2, 0.25) is 0 Å². The topological polar surface area (TPSA) is 72.5 Å². The molecule has 1 saturated carbocycles. The standard InChI is InChI=1S/C12H14FNO3/c1-17-8-2-3-9(10(13)4-8)12(11(15)16)5-7(14)6-12/h2-4,7H,5-6,14H2,1H3,(H,15,16). The number of nitrogens with two attached hydrogens (primary N) is 1. The smallest absolute Gasteiger partial charge is 0.314 e. The summed E-state index contributed by atoms with van der Waals surface area (Å²) in [5.74, 6) is -1.21. The van der Waals surface area contributed by atoms with Crippen LogP contribution in [0.4, 0.5) is 4.39 Å². The number of halogens is 1. The van der Waals surface area contributed by atoms with Crippen LogP contribution in [-0.4, -0.2) is 24.2 Å². The van der Waals surface area contributed by atoms with Crippen molar-refractivity contribution < 1.29 is 19.0 Å². The van der Waals surface area contributed by atoms with Gasteiger partial charge in [0.25, 0.3) is 0 Å². The molecular weight excluding hydrogens is 225 g/mol. The lowest BCUT2D eigenvalue weighted by Gasteiger charge is -2.43. The van der Waals surface area contributed by atoms with Crippen molar-refractivity contribution in [2.45, 2.75) is 24.3 Å². The molecule has 1 aliphatic rings. The van der Waals surface area contributed by atoms with Crippen molar-refractivity contribution >= 4 is 5.97 Å². The lowest BCUT2D eigenvalue weighted by atomic mass is 9.61. The molecule has 0 amide bonds. The van der Waals surface area contributed by atoms with Gasteiger partial charge in [0.05, 0.1) is 12.5 Å². The zero-order chi connectivity index (χ0) is 12.6. The van der Waals surface area contributed by atoms with Gasteiger partial charge in [-0.25, -0.2) is 4.39 Å². The molecule has 3 N–H and O–H groups in total. The van der Waals surface area contributed by atoms with Crippen molar-refractivity contribution in [3.63, 3.8) is 0 Å². The van der Waals surface area contributed by atoms with E-state index in [-0.39, 0.29) is 24.4 Å². The van der Waals surface area contributed by atoms with E-state index in [1.807, 2.05) is 0 Å². The first-order valence-corrected chi connectivity index (χ1v) is 5.32. The number of aliphatic carboxylic acids is 1. The molecule has 2 rings (SSSR count). The first kappa shape index (κ1) is 11.9. The Morgan fingerprint density at radius 2 is 2.24 bits per heavy atom. The minimum absolute atomic E-state index is 0.174. The molecule has 0 unspecified atom stereocenters. The van der Waals surface area contributed by atoms with Gasteiger partial charge >= 0.3 is 5.97 Å². The molecule has 0 bridgehead atoms.